The lowest BCUT2D eigenvalue weighted by molar-refractivity contribution is 0.0696. The van der Waals surface area contributed by atoms with E-state index in [0.717, 1.165) is 6.54 Å². The molecule has 1 aliphatic rings. The molecular formula is C13H19N3O2. The highest BCUT2D eigenvalue weighted by Gasteiger charge is 2.45. The number of hydrogen-bond acceptors (Lipinski definition) is 4. The molecule has 0 aliphatic heterocycles. The number of nitrogens with one attached hydrogen (secondary N) is 1. The predicted molar refractivity (Wildman–Crippen MR) is 70.6 cm³/mol. The first-order chi connectivity index (χ1) is 8.44. The maximum Gasteiger partial charge on any atom is 0.337 e. The summed E-state index contributed by atoms with van der Waals surface area (Å²) < 4.78 is 0. The van der Waals surface area contributed by atoms with E-state index in [1.807, 2.05) is 0 Å². The van der Waals surface area contributed by atoms with Crippen molar-refractivity contribution in [1.29, 1.82) is 0 Å². The number of nitrogen functional groups attached to an aromatic ring is 1. The van der Waals surface area contributed by atoms with Crippen molar-refractivity contribution < 1.29 is 9.90 Å². The van der Waals surface area contributed by atoms with Crippen LogP contribution >= 0.6 is 0 Å². The van der Waals surface area contributed by atoms with Crippen LogP contribution in [0.2, 0.25) is 0 Å². The van der Waals surface area contributed by atoms with E-state index in [1.54, 1.807) is 0 Å². The molecule has 18 heavy (non-hydrogen) atoms. The molecule has 0 atom stereocenters. The number of hydrogen-bond donors (Lipinski definition) is 3. The van der Waals surface area contributed by atoms with E-state index in [2.05, 4.69) is 24.1 Å². The van der Waals surface area contributed by atoms with Crippen molar-refractivity contribution >= 4 is 17.5 Å². The molecule has 2 rings (SSSR count). The van der Waals surface area contributed by atoms with Gasteiger partial charge in [0, 0.05) is 12.7 Å². The first-order valence-electron chi connectivity index (χ1n) is 6.17. The van der Waals surface area contributed by atoms with E-state index < -0.39 is 5.97 Å². The molecule has 0 radical (unpaired) electrons. The van der Waals surface area contributed by atoms with E-state index in [9.17, 15) is 4.79 Å². The Bertz CT molecular complexity index is 467. The van der Waals surface area contributed by atoms with Gasteiger partial charge in [0.1, 0.15) is 5.82 Å². The van der Waals surface area contributed by atoms with Crippen LogP contribution in [0.25, 0.3) is 0 Å². The minimum absolute atomic E-state index is 0.114. The van der Waals surface area contributed by atoms with Gasteiger partial charge in [0.05, 0.1) is 11.3 Å². The maximum absolute atomic E-state index is 10.8. The number of nitrogens with zero attached hydrogens (tertiary/aromatic N) is 1. The third kappa shape index (κ3) is 2.39. The highest BCUT2D eigenvalue weighted by Crippen LogP contribution is 2.51. The molecule has 1 aromatic heterocycles. The average Bonchev–Trinajstić information content (AvgIpc) is 3.08. The summed E-state index contributed by atoms with van der Waals surface area (Å²) in [5, 5.41) is 12.1. The summed E-state index contributed by atoms with van der Waals surface area (Å²) in [5.41, 5.74) is 6.66. The molecule has 1 saturated carbocycles. The second-order valence-electron chi connectivity index (χ2n) is 5.34. The smallest absolute Gasteiger partial charge is 0.337 e. The third-order valence-corrected chi connectivity index (χ3v) is 3.89. The van der Waals surface area contributed by atoms with Crippen LogP contribution in [0.15, 0.2) is 12.3 Å². The fraction of sp³-hybridized carbons (Fsp3) is 0.538. The molecule has 1 heterocycles. The van der Waals surface area contributed by atoms with Gasteiger partial charge in [-0.15, -0.1) is 0 Å². The Kier molecular flexibility index (Phi) is 3.15. The van der Waals surface area contributed by atoms with Gasteiger partial charge in [0.25, 0.3) is 0 Å². The number of pyridine rings is 1. The molecule has 4 N–H and O–H groups in total. The van der Waals surface area contributed by atoms with Gasteiger partial charge in [-0.2, -0.15) is 0 Å². The van der Waals surface area contributed by atoms with Crippen molar-refractivity contribution in [2.24, 2.45) is 11.3 Å². The number of anilines is 2. The molecule has 0 bridgehead atoms. The van der Waals surface area contributed by atoms with Gasteiger partial charge in [0.2, 0.25) is 0 Å². The Morgan fingerprint density at radius 2 is 2.28 bits per heavy atom. The summed E-state index contributed by atoms with van der Waals surface area (Å²) in [4.78, 5) is 14.8. The average molecular weight is 249 g/mol. The van der Waals surface area contributed by atoms with Crippen LogP contribution in [0.4, 0.5) is 11.5 Å². The minimum Gasteiger partial charge on any atom is -0.478 e. The Morgan fingerprint density at radius 3 is 2.72 bits per heavy atom. The number of carbonyl (C=O) groups is 1. The van der Waals surface area contributed by atoms with Gasteiger partial charge < -0.3 is 16.2 Å². The highest BCUT2D eigenvalue weighted by molar-refractivity contribution is 5.89. The normalized spacial score (nSPS) is 16.6. The zero-order valence-corrected chi connectivity index (χ0v) is 10.7. The first-order valence-corrected chi connectivity index (χ1v) is 6.17. The van der Waals surface area contributed by atoms with Crippen molar-refractivity contribution in [1.82, 2.24) is 4.98 Å². The van der Waals surface area contributed by atoms with Crippen molar-refractivity contribution in [2.75, 3.05) is 17.6 Å². The molecule has 0 amide bonds. The van der Waals surface area contributed by atoms with Crippen molar-refractivity contribution in [3.63, 3.8) is 0 Å². The van der Waals surface area contributed by atoms with Crippen LogP contribution in [0.5, 0.6) is 0 Å². The Hall–Kier alpha value is -1.78. The fourth-order valence-corrected chi connectivity index (χ4v) is 2.13. The number of nitrogens with two attached hydrogens (primary N) is 1. The topological polar surface area (TPSA) is 88.2 Å². The fourth-order valence-electron chi connectivity index (χ4n) is 2.13. The quantitative estimate of drug-likeness (QED) is 0.744. The summed E-state index contributed by atoms with van der Waals surface area (Å²) in [6, 6.07) is 1.44. The molecule has 98 valence electrons. The maximum atomic E-state index is 10.8. The number of carboxylic acids is 1. The molecule has 0 aromatic carbocycles. The predicted octanol–water partition coefficient (Wildman–Crippen LogP) is 2.21. The zero-order valence-electron chi connectivity index (χ0n) is 10.7. The van der Waals surface area contributed by atoms with Crippen molar-refractivity contribution in [3.8, 4) is 0 Å². The van der Waals surface area contributed by atoms with Gasteiger partial charge >= 0.3 is 5.97 Å². The molecule has 1 fully saturated rings. The number of rotatable bonds is 5. The summed E-state index contributed by atoms with van der Waals surface area (Å²) in [6.07, 6.45) is 3.78. The van der Waals surface area contributed by atoms with Gasteiger partial charge in [-0.05, 0) is 30.2 Å². The van der Waals surface area contributed by atoms with Gasteiger partial charge in [0.15, 0.2) is 0 Å². The van der Waals surface area contributed by atoms with Crippen LogP contribution in [-0.2, 0) is 0 Å². The van der Waals surface area contributed by atoms with Crippen LogP contribution in [-0.4, -0.2) is 22.6 Å². The number of carboxylic acid groups (broad SMARTS) is 1. The van der Waals surface area contributed by atoms with Gasteiger partial charge in [-0.25, -0.2) is 9.78 Å². The molecule has 1 aromatic rings. The van der Waals surface area contributed by atoms with E-state index in [1.165, 1.54) is 25.1 Å². The minimum atomic E-state index is -1.01. The Morgan fingerprint density at radius 1 is 1.61 bits per heavy atom. The molecular weight excluding hydrogens is 230 g/mol. The lowest BCUT2D eigenvalue weighted by atomic mass is 9.92. The number of aromatic carboxylic acids is 1. The lowest BCUT2D eigenvalue weighted by Gasteiger charge is -2.20. The highest BCUT2D eigenvalue weighted by atomic mass is 16.4. The van der Waals surface area contributed by atoms with Crippen molar-refractivity contribution in [2.45, 2.75) is 26.7 Å². The SMILES string of the molecule is CC(C)C1(CNc2ncc(C(=O)O)cc2N)CC1. The summed E-state index contributed by atoms with van der Waals surface area (Å²) in [6.45, 7) is 5.28. The first kappa shape index (κ1) is 12.7. The molecule has 0 unspecified atom stereocenters. The van der Waals surface area contributed by atoms with Crippen LogP contribution in [0.1, 0.15) is 37.0 Å². The molecule has 5 heteroatoms. The van der Waals surface area contributed by atoms with E-state index in [4.69, 9.17) is 10.8 Å². The van der Waals surface area contributed by atoms with Crippen LogP contribution in [0, 0.1) is 11.3 Å². The zero-order chi connectivity index (χ0) is 13.3. The molecule has 5 nitrogen and oxygen atoms in total. The van der Waals surface area contributed by atoms with Crippen molar-refractivity contribution in [3.05, 3.63) is 17.8 Å². The lowest BCUT2D eigenvalue weighted by Crippen LogP contribution is -2.22. The van der Waals surface area contributed by atoms with Gasteiger partial charge in [-0.1, -0.05) is 13.8 Å². The second-order valence-corrected chi connectivity index (χ2v) is 5.34. The third-order valence-electron chi connectivity index (χ3n) is 3.89. The summed E-state index contributed by atoms with van der Waals surface area (Å²) in [7, 11) is 0. The van der Waals surface area contributed by atoms with Crippen LogP contribution in [0.3, 0.4) is 0 Å². The number of aromatic nitrogens is 1. The largest absolute Gasteiger partial charge is 0.478 e. The van der Waals surface area contributed by atoms with E-state index in [0.29, 0.717) is 22.8 Å². The standard InChI is InChI=1S/C13H19N3O2/c1-8(2)13(3-4-13)7-16-11-10(14)5-9(6-15-11)12(17)18/h5-6,8H,3-4,7,14H2,1-2H3,(H,15,16)(H,17,18). The van der Waals surface area contributed by atoms with E-state index >= 15 is 0 Å². The monoisotopic (exact) mass is 249 g/mol. The molecule has 0 saturated heterocycles. The van der Waals surface area contributed by atoms with E-state index in [-0.39, 0.29) is 5.56 Å². The van der Waals surface area contributed by atoms with Crippen LogP contribution < -0.4 is 11.1 Å². The molecule has 0 spiro atoms. The second kappa shape index (κ2) is 4.48. The Labute approximate surface area is 106 Å². The Balaban J connectivity index is 2.04. The molecule has 1 aliphatic carbocycles. The summed E-state index contributed by atoms with van der Waals surface area (Å²) >= 11 is 0. The summed E-state index contributed by atoms with van der Waals surface area (Å²) in [5.74, 6) is 0.193. The van der Waals surface area contributed by atoms with Gasteiger partial charge in [-0.3, -0.25) is 0 Å².